The summed E-state index contributed by atoms with van der Waals surface area (Å²) in [7, 11) is 1.77. The van der Waals surface area contributed by atoms with Gasteiger partial charge in [0.1, 0.15) is 0 Å². The molecule has 2 aromatic rings. The molecule has 2 saturated heterocycles. The average molecular weight is 505 g/mol. The molecule has 2 aromatic carbocycles. The second-order valence-electron chi connectivity index (χ2n) is 6.51. The van der Waals surface area contributed by atoms with Crippen LogP contribution in [0.4, 0.5) is 11.4 Å². The van der Waals surface area contributed by atoms with Crippen molar-refractivity contribution in [1.29, 1.82) is 0 Å². The van der Waals surface area contributed by atoms with E-state index < -0.39 is 0 Å². The predicted molar refractivity (Wildman–Crippen MR) is 124 cm³/mol. The van der Waals surface area contributed by atoms with Gasteiger partial charge in [0.2, 0.25) is 0 Å². The van der Waals surface area contributed by atoms with Gasteiger partial charge in [-0.3, -0.25) is 9.69 Å². The van der Waals surface area contributed by atoms with Crippen molar-refractivity contribution in [2.75, 3.05) is 38.3 Å². The van der Waals surface area contributed by atoms with Crippen molar-refractivity contribution in [3.05, 3.63) is 62.6 Å². The quantitative estimate of drug-likeness (QED) is 0.460. The SMILES string of the molecule is CN1C(=O)/C(=C/c2ccccc2I)SC1=Nc1ccc(N2CCOCC2)cc1. The van der Waals surface area contributed by atoms with Gasteiger partial charge in [0.25, 0.3) is 5.91 Å². The summed E-state index contributed by atoms with van der Waals surface area (Å²) in [6.07, 6.45) is 1.94. The second kappa shape index (κ2) is 8.67. The summed E-state index contributed by atoms with van der Waals surface area (Å²) in [5, 5.41) is 0.696. The maximum atomic E-state index is 12.6. The average Bonchev–Trinajstić information content (AvgIpc) is 2.99. The van der Waals surface area contributed by atoms with E-state index in [4.69, 9.17) is 4.74 Å². The van der Waals surface area contributed by atoms with Crippen LogP contribution in [0.1, 0.15) is 5.56 Å². The number of hydrogen-bond acceptors (Lipinski definition) is 5. The van der Waals surface area contributed by atoms with Crippen LogP contribution in [-0.2, 0) is 9.53 Å². The first kappa shape index (κ1) is 19.5. The lowest BCUT2D eigenvalue weighted by molar-refractivity contribution is -0.121. The van der Waals surface area contributed by atoms with Crippen LogP contribution in [0.15, 0.2) is 58.4 Å². The molecule has 2 aliphatic rings. The molecule has 1 amide bonds. The number of aliphatic imine (C=N–C) groups is 1. The van der Waals surface area contributed by atoms with Gasteiger partial charge in [-0.1, -0.05) is 18.2 Å². The van der Waals surface area contributed by atoms with Crippen LogP contribution in [0.2, 0.25) is 0 Å². The van der Waals surface area contributed by atoms with Gasteiger partial charge in [0.05, 0.1) is 23.8 Å². The maximum Gasteiger partial charge on any atom is 0.266 e. The van der Waals surface area contributed by atoms with Crippen molar-refractivity contribution < 1.29 is 9.53 Å². The highest BCUT2D eigenvalue weighted by atomic mass is 127. The van der Waals surface area contributed by atoms with Crippen LogP contribution in [0, 0.1) is 3.57 Å². The van der Waals surface area contributed by atoms with E-state index in [1.54, 1.807) is 11.9 Å². The number of carbonyl (C=O) groups excluding carboxylic acids is 1. The summed E-state index contributed by atoms with van der Waals surface area (Å²) in [6, 6.07) is 16.2. The number of morpholine rings is 1. The number of carbonyl (C=O) groups is 1. The van der Waals surface area contributed by atoms with E-state index in [2.05, 4.69) is 44.6 Å². The lowest BCUT2D eigenvalue weighted by atomic mass is 10.2. The fourth-order valence-electron chi connectivity index (χ4n) is 3.06. The molecule has 0 radical (unpaired) electrons. The van der Waals surface area contributed by atoms with Gasteiger partial charge < -0.3 is 9.64 Å². The smallest absolute Gasteiger partial charge is 0.266 e. The number of anilines is 1. The molecule has 2 fully saturated rings. The number of rotatable bonds is 3. The van der Waals surface area contributed by atoms with Gasteiger partial charge in [-0.25, -0.2) is 4.99 Å². The summed E-state index contributed by atoms with van der Waals surface area (Å²) in [6.45, 7) is 3.35. The van der Waals surface area contributed by atoms with E-state index in [0.717, 1.165) is 41.1 Å². The van der Waals surface area contributed by atoms with Crippen LogP contribution in [0.3, 0.4) is 0 Å². The third kappa shape index (κ3) is 4.26. The molecule has 0 bridgehead atoms. The highest BCUT2D eigenvalue weighted by Gasteiger charge is 2.30. The van der Waals surface area contributed by atoms with E-state index in [-0.39, 0.29) is 5.91 Å². The predicted octanol–water partition coefficient (Wildman–Crippen LogP) is 4.36. The molecule has 0 atom stereocenters. The van der Waals surface area contributed by atoms with Gasteiger partial charge in [0.15, 0.2) is 5.17 Å². The highest BCUT2D eigenvalue weighted by Crippen LogP contribution is 2.34. The van der Waals surface area contributed by atoms with E-state index in [1.165, 1.54) is 17.4 Å². The number of hydrogen-bond donors (Lipinski definition) is 0. The molecular weight excluding hydrogens is 485 g/mol. The Labute approximate surface area is 182 Å². The molecule has 144 valence electrons. The van der Waals surface area contributed by atoms with Gasteiger partial charge in [-0.05, 0) is 76.3 Å². The van der Waals surface area contributed by atoms with Crippen LogP contribution in [0.25, 0.3) is 6.08 Å². The fourth-order valence-corrected chi connectivity index (χ4v) is 4.58. The summed E-state index contributed by atoms with van der Waals surface area (Å²) >= 11 is 3.70. The monoisotopic (exact) mass is 505 g/mol. The van der Waals surface area contributed by atoms with Crippen LogP contribution < -0.4 is 4.90 Å². The van der Waals surface area contributed by atoms with E-state index in [0.29, 0.717) is 10.1 Å². The molecule has 5 nitrogen and oxygen atoms in total. The van der Waals surface area contributed by atoms with Crippen LogP contribution in [0.5, 0.6) is 0 Å². The molecule has 0 N–H and O–H groups in total. The molecule has 7 heteroatoms. The first-order chi connectivity index (χ1) is 13.6. The largest absolute Gasteiger partial charge is 0.378 e. The standard InChI is InChI=1S/C21H20IN3O2S/c1-24-20(26)19(14-15-4-2-3-5-18(15)22)28-21(24)23-16-6-8-17(9-7-16)25-10-12-27-13-11-25/h2-9,14H,10-13H2,1H3/b19-14-,23-21?. The minimum absolute atomic E-state index is 0.0201. The van der Waals surface area contributed by atoms with E-state index in [1.807, 2.05) is 42.5 Å². The summed E-state index contributed by atoms with van der Waals surface area (Å²) in [4.78, 5) is 21.9. The topological polar surface area (TPSA) is 45.1 Å². The number of halogens is 1. The van der Waals surface area contributed by atoms with Crippen molar-refractivity contribution in [2.24, 2.45) is 4.99 Å². The molecular formula is C21H20IN3O2S. The van der Waals surface area contributed by atoms with Crippen molar-refractivity contribution in [1.82, 2.24) is 4.90 Å². The lowest BCUT2D eigenvalue weighted by Gasteiger charge is -2.28. The Morgan fingerprint density at radius 1 is 1.11 bits per heavy atom. The first-order valence-electron chi connectivity index (χ1n) is 9.05. The number of amides is 1. The Morgan fingerprint density at radius 3 is 2.54 bits per heavy atom. The van der Waals surface area contributed by atoms with Crippen molar-refractivity contribution >= 4 is 62.9 Å². The summed E-state index contributed by atoms with van der Waals surface area (Å²) in [5.41, 5.74) is 3.06. The van der Waals surface area contributed by atoms with Gasteiger partial charge in [-0.15, -0.1) is 0 Å². The van der Waals surface area contributed by atoms with Gasteiger partial charge in [-0.2, -0.15) is 0 Å². The zero-order valence-electron chi connectivity index (χ0n) is 15.5. The second-order valence-corrected chi connectivity index (χ2v) is 8.68. The zero-order valence-corrected chi connectivity index (χ0v) is 18.4. The molecule has 0 aromatic heterocycles. The van der Waals surface area contributed by atoms with Crippen molar-refractivity contribution in [2.45, 2.75) is 0 Å². The minimum atomic E-state index is -0.0201. The normalized spacial score (nSPS) is 20.4. The van der Waals surface area contributed by atoms with Crippen LogP contribution in [-0.4, -0.2) is 49.3 Å². The number of likely N-dealkylation sites (N-methyl/N-ethyl adjacent to an activating group) is 1. The Kier molecular flexibility index (Phi) is 6.03. The van der Waals surface area contributed by atoms with Gasteiger partial charge in [0, 0.05) is 29.4 Å². The fraction of sp³-hybridized carbons (Fsp3) is 0.238. The molecule has 0 saturated carbocycles. The van der Waals surface area contributed by atoms with E-state index in [9.17, 15) is 4.79 Å². The zero-order chi connectivity index (χ0) is 19.5. The summed E-state index contributed by atoms with van der Waals surface area (Å²) < 4.78 is 6.52. The number of benzene rings is 2. The van der Waals surface area contributed by atoms with Crippen LogP contribution >= 0.6 is 34.4 Å². The maximum absolute atomic E-state index is 12.6. The molecule has 0 spiro atoms. The lowest BCUT2D eigenvalue weighted by Crippen LogP contribution is -2.36. The van der Waals surface area contributed by atoms with E-state index >= 15 is 0 Å². The third-order valence-electron chi connectivity index (χ3n) is 4.65. The Hall–Kier alpha value is -1.84. The molecule has 2 heterocycles. The molecule has 4 rings (SSSR count). The molecule has 28 heavy (non-hydrogen) atoms. The Balaban J connectivity index is 1.53. The molecule has 0 unspecified atom stereocenters. The molecule has 2 aliphatic heterocycles. The van der Waals surface area contributed by atoms with Crippen molar-refractivity contribution in [3.8, 4) is 0 Å². The summed E-state index contributed by atoms with van der Waals surface area (Å²) in [5.74, 6) is -0.0201. The minimum Gasteiger partial charge on any atom is -0.378 e. The van der Waals surface area contributed by atoms with Crippen molar-refractivity contribution in [3.63, 3.8) is 0 Å². The number of thioether (sulfide) groups is 1. The Bertz CT molecular complexity index is 937. The number of amidine groups is 1. The number of ether oxygens (including phenoxy) is 1. The molecule has 0 aliphatic carbocycles. The highest BCUT2D eigenvalue weighted by molar-refractivity contribution is 14.1. The number of nitrogens with zero attached hydrogens (tertiary/aromatic N) is 3. The third-order valence-corrected chi connectivity index (χ3v) is 6.69. The van der Waals surface area contributed by atoms with Gasteiger partial charge >= 0.3 is 0 Å². The Morgan fingerprint density at radius 2 is 1.82 bits per heavy atom. The first-order valence-corrected chi connectivity index (χ1v) is 10.9.